The molecule has 0 amide bonds. The van der Waals surface area contributed by atoms with Crippen molar-refractivity contribution in [1.29, 1.82) is 0 Å². The smallest absolute Gasteiger partial charge is 0.233 e. The molecule has 2 heterocycles. The molecule has 1 aliphatic rings. The Labute approximate surface area is 122 Å². The molecule has 1 fully saturated rings. The Bertz CT molecular complexity index is 602. The predicted molar refractivity (Wildman–Crippen MR) is 74.5 cm³/mol. The molecule has 1 saturated heterocycles. The quantitative estimate of drug-likeness (QED) is 0.932. The Hall–Kier alpha value is -1.79. The Morgan fingerprint density at radius 3 is 3.14 bits per heavy atom. The van der Waals surface area contributed by atoms with Crippen LogP contribution in [-0.2, 0) is 11.2 Å². The highest BCUT2D eigenvalue weighted by Gasteiger charge is 2.30. The van der Waals surface area contributed by atoms with Crippen molar-refractivity contribution in [3.63, 3.8) is 0 Å². The van der Waals surface area contributed by atoms with Crippen molar-refractivity contribution in [3.8, 4) is 0 Å². The van der Waals surface area contributed by atoms with E-state index in [-0.39, 0.29) is 17.8 Å². The zero-order chi connectivity index (χ0) is 14.7. The molecule has 0 radical (unpaired) electrons. The summed E-state index contributed by atoms with van der Waals surface area (Å²) in [5.74, 6) is 0.959. The topological polar surface area (TPSA) is 60.2 Å². The number of nitrogens with zero attached hydrogens (tertiary/aromatic N) is 2. The lowest BCUT2D eigenvalue weighted by atomic mass is 9.96. The monoisotopic (exact) mass is 291 g/mol. The van der Waals surface area contributed by atoms with Crippen molar-refractivity contribution in [3.05, 3.63) is 47.4 Å². The first-order valence-corrected chi connectivity index (χ1v) is 7.08. The molecule has 0 aliphatic carbocycles. The maximum Gasteiger partial charge on any atom is 0.233 e. The third kappa shape index (κ3) is 3.28. The second kappa shape index (κ2) is 6.32. The van der Waals surface area contributed by atoms with Gasteiger partial charge >= 0.3 is 0 Å². The fourth-order valence-electron chi connectivity index (χ4n) is 2.65. The van der Waals surface area contributed by atoms with E-state index in [4.69, 9.17) is 9.26 Å². The third-order valence-electron chi connectivity index (χ3n) is 3.78. The third-order valence-corrected chi connectivity index (χ3v) is 3.78. The molecule has 1 aromatic heterocycles. The second-order valence-electron chi connectivity index (χ2n) is 5.22. The summed E-state index contributed by atoms with van der Waals surface area (Å²) < 4.78 is 24.0. The summed E-state index contributed by atoms with van der Waals surface area (Å²) in [4.78, 5) is 4.44. The maximum atomic E-state index is 13.2. The summed E-state index contributed by atoms with van der Waals surface area (Å²) in [6.07, 6.45) is 1.38. The van der Waals surface area contributed by atoms with Crippen LogP contribution in [0.25, 0.3) is 0 Å². The molecule has 1 aliphatic heterocycles. The van der Waals surface area contributed by atoms with Crippen LogP contribution in [-0.4, -0.2) is 36.4 Å². The van der Waals surface area contributed by atoms with E-state index in [1.165, 1.54) is 12.1 Å². The van der Waals surface area contributed by atoms with Crippen LogP contribution in [0.4, 0.5) is 4.39 Å². The summed E-state index contributed by atoms with van der Waals surface area (Å²) in [6.45, 7) is 1.32. The van der Waals surface area contributed by atoms with Gasteiger partial charge in [0, 0.05) is 19.1 Å². The van der Waals surface area contributed by atoms with E-state index in [2.05, 4.69) is 15.5 Å². The SMILES string of the molecule is CNC1CCOCC1c1nc(Cc2cccc(F)c2)no1. The first-order valence-electron chi connectivity index (χ1n) is 7.08. The molecule has 1 N–H and O–H groups in total. The molecule has 1 aromatic carbocycles. The molecule has 112 valence electrons. The zero-order valence-corrected chi connectivity index (χ0v) is 11.9. The second-order valence-corrected chi connectivity index (χ2v) is 5.22. The highest BCUT2D eigenvalue weighted by atomic mass is 19.1. The van der Waals surface area contributed by atoms with E-state index in [9.17, 15) is 4.39 Å². The van der Waals surface area contributed by atoms with Crippen LogP contribution in [0.2, 0.25) is 0 Å². The number of hydrogen-bond acceptors (Lipinski definition) is 5. The lowest BCUT2D eigenvalue weighted by Gasteiger charge is -2.28. The van der Waals surface area contributed by atoms with E-state index >= 15 is 0 Å². The lowest BCUT2D eigenvalue weighted by Crippen LogP contribution is -2.39. The van der Waals surface area contributed by atoms with E-state index in [1.54, 1.807) is 6.07 Å². The number of likely N-dealkylation sites (N-methyl/N-ethyl adjacent to an activating group) is 1. The predicted octanol–water partition coefficient (Wildman–Crippen LogP) is 1.89. The van der Waals surface area contributed by atoms with Gasteiger partial charge in [-0.25, -0.2) is 4.39 Å². The van der Waals surface area contributed by atoms with Crippen molar-refractivity contribution in [2.45, 2.75) is 24.8 Å². The fourth-order valence-corrected chi connectivity index (χ4v) is 2.65. The molecule has 2 unspecified atom stereocenters. The average molecular weight is 291 g/mol. The van der Waals surface area contributed by atoms with Crippen LogP contribution in [0.15, 0.2) is 28.8 Å². The van der Waals surface area contributed by atoms with Gasteiger partial charge in [0.2, 0.25) is 5.89 Å². The molecule has 2 atom stereocenters. The van der Waals surface area contributed by atoms with Crippen LogP contribution in [0.1, 0.15) is 29.6 Å². The van der Waals surface area contributed by atoms with Crippen LogP contribution in [0.3, 0.4) is 0 Å². The Morgan fingerprint density at radius 2 is 2.33 bits per heavy atom. The van der Waals surface area contributed by atoms with Crippen LogP contribution in [0, 0.1) is 5.82 Å². The minimum absolute atomic E-state index is 0.0671. The van der Waals surface area contributed by atoms with E-state index in [0.29, 0.717) is 24.7 Å². The minimum atomic E-state index is -0.257. The highest BCUT2D eigenvalue weighted by Crippen LogP contribution is 2.24. The molecule has 5 nitrogen and oxygen atoms in total. The summed E-state index contributed by atoms with van der Waals surface area (Å²) in [6, 6.07) is 6.70. The van der Waals surface area contributed by atoms with Gasteiger partial charge in [0.25, 0.3) is 0 Å². The van der Waals surface area contributed by atoms with Gasteiger partial charge < -0.3 is 14.6 Å². The van der Waals surface area contributed by atoms with Crippen molar-refractivity contribution in [1.82, 2.24) is 15.5 Å². The summed E-state index contributed by atoms with van der Waals surface area (Å²) in [5.41, 5.74) is 0.826. The number of halogens is 1. The van der Waals surface area contributed by atoms with Gasteiger partial charge in [-0.15, -0.1) is 0 Å². The van der Waals surface area contributed by atoms with E-state index < -0.39 is 0 Å². The zero-order valence-electron chi connectivity index (χ0n) is 11.9. The molecular formula is C15H18FN3O2. The van der Waals surface area contributed by atoms with Crippen LogP contribution >= 0.6 is 0 Å². The number of aromatic nitrogens is 2. The molecule has 0 saturated carbocycles. The van der Waals surface area contributed by atoms with Gasteiger partial charge in [0.15, 0.2) is 5.82 Å². The van der Waals surface area contributed by atoms with Crippen molar-refractivity contribution >= 4 is 0 Å². The molecule has 0 bridgehead atoms. The van der Waals surface area contributed by atoms with Gasteiger partial charge in [-0.1, -0.05) is 17.3 Å². The van der Waals surface area contributed by atoms with Gasteiger partial charge in [0.05, 0.1) is 12.5 Å². The van der Waals surface area contributed by atoms with Crippen molar-refractivity contribution < 1.29 is 13.7 Å². The number of ether oxygens (including phenoxy) is 1. The number of benzene rings is 1. The molecule has 3 rings (SSSR count). The maximum absolute atomic E-state index is 13.2. The molecular weight excluding hydrogens is 273 g/mol. The lowest BCUT2D eigenvalue weighted by molar-refractivity contribution is 0.0516. The highest BCUT2D eigenvalue weighted by molar-refractivity contribution is 5.20. The van der Waals surface area contributed by atoms with Crippen LogP contribution in [0.5, 0.6) is 0 Å². The molecule has 6 heteroatoms. The standard InChI is InChI=1S/C15H18FN3O2/c1-17-13-5-6-20-9-12(13)15-18-14(19-21-15)8-10-3-2-4-11(16)7-10/h2-4,7,12-13,17H,5-6,8-9H2,1H3. The van der Waals surface area contributed by atoms with Crippen LogP contribution < -0.4 is 5.32 Å². The van der Waals surface area contributed by atoms with Crippen molar-refractivity contribution in [2.24, 2.45) is 0 Å². The molecule has 2 aromatic rings. The van der Waals surface area contributed by atoms with E-state index in [1.807, 2.05) is 13.1 Å². The van der Waals surface area contributed by atoms with E-state index in [0.717, 1.165) is 18.6 Å². The number of hydrogen-bond donors (Lipinski definition) is 1. The van der Waals surface area contributed by atoms with Crippen molar-refractivity contribution in [2.75, 3.05) is 20.3 Å². The summed E-state index contributed by atoms with van der Waals surface area (Å²) >= 11 is 0. The van der Waals surface area contributed by atoms with Gasteiger partial charge in [0.1, 0.15) is 5.82 Å². The minimum Gasteiger partial charge on any atom is -0.381 e. The van der Waals surface area contributed by atoms with Gasteiger partial charge in [-0.3, -0.25) is 0 Å². The Kier molecular flexibility index (Phi) is 4.26. The van der Waals surface area contributed by atoms with Gasteiger partial charge in [-0.05, 0) is 31.2 Å². The summed E-state index contributed by atoms with van der Waals surface area (Å²) in [5, 5.41) is 7.25. The molecule has 21 heavy (non-hydrogen) atoms. The summed E-state index contributed by atoms with van der Waals surface area (Å²) in [7, 11) is 1.92. The van der Waals surface area contributed by atoms with Gasteiger partial charge in [-0.2, -0.15) is 4.98 Å². The average Bonchev–Trinajstić information content (AvgIpc) is 2.95. The number of nitrogens with one attached hydrogen (secondary N) is 1. The molecule has 0 spiro atoms. The fraction of sp³-hybridized carbons (Fsp3) is 0.467. The number of rotatable bonds is 4. The first kappa shape index (κ1) is 14.2. The normalized spacial score (nSPS) is 22.4. The largest absolute Gasteiger partial charge is 0.381 e. The Morgan fingerprint density at radius 1 is 1.43 bits per heavy atom. The first-order chi connectivity index (χ1) is 10.3. The Balaban J connectivity index is 1.73.